The second kappa shape index (κ2) is 9.44. The van der Waals surface area contributed by atoms with E-state index in [0.29, 0.717) is 22.3 Å². The van der Waals surface area contributed by atoms with Crippen LogP contribution in [0.15, 0.2) is 60.7 Å². The topological polar surface area (TPSA) is 20.1 Å². The number of benzene rings is 3. The summed E-state index contributed by atoms with van der Waals surface area (Å²) in [5.41, 5.74) is 3.93. The summed E-state index contributed by atoms with van der Waals surface area (Å²) >= 11 is 19.0. The van der Waals surface area contributed by atoms with E-state index in [1.165, 1.54) is 5.56 Å². The van der Waals surface area contributed by atoms with Crippen molar-refractivity contribution in [2.75, 3.05) is 31.1 Å². The largest absolute Gasteiger partial charge is 0.494 e. The zero-order chi connectivity index (χ0) is 22.9. The number of halogens is 3. The SMILES string of the molecule is [C-]#[N+]c1ccc2c(c1)OCCC2N1CCN(c2ccc(Cl)cc2Cl)[C@H](c2ccc(Cl)cc2)C1. The van der Waals surface area contributed by atoms with Gasteiger partial charge in [0.2, 0.25) is 0 Å². The lowest BCUT2D eigenvalue weighted by Crippen LogP contribution is -2.50. The van der Waals surface area contributed by atoms with Gasteiger partial charge in [-0.25, -0.2) is 4.85 Å². The maximum atomic E-state index is 7.30. The van der Waals surface area contributed by atoms with Gasteiger partial charge in [-0.1, -0.05) is 59.1 Å². The highest BCUT2D eigenvalue weighted by molar-refractivity contribution is 6.36. The van der Waals surface area contributed by atoms with Gasteiger partial charge in [0.1, 0.15) is 5.75 Å². The number of hydrogen-bond acceptors (Lipinski definition) is 3. The normalized spacial score (nSPS) is 20.6. The second-order valence-corrected chi connectivity index (χ2v) is 9.62. The molecular formula is C26H22Cl3N3O. The molecule has 0 aliphatic carbocycles. The van der Waals surface area contributed by atoms with E-state index in [1.807, 2.05) is 42.5 Å². The van der Waals surface area contributed by atoms with Crippen LogP contribution in [0.4, 0.5) is 11.4 Å². The minimum atomic E-state index is 0.100. The minimum absolute atomic E-state index is 0.100. The van der Waals surface area contributed by atoms with Crippen molar-refractivity contribution in [1.29, 1.82) is 0 Å². The van der Waals surface area contributed by atoms with Crippen LogP contribution in [-0.4, -0.2) is 31.1 Å². The van der Waals surface area contributed by atoms with Gasteiger partial charge in [0.25, 0.3) is 0 Å². The van der Waals surface area contributed by atoms with Crippen molar-refractivity contribution >= 4 is 46.2 Å². The lowest BCUT2D eigenvalue weighted by atomic mass is 9.94. The van der Waals surface area contributed by atoms with Crippen molar-refractivity contribution in [3.63, 3.8) is 0 Å². The quantitative estimate of drug-likeness (QED) is 0.347. The summed E-state index contributed by atoms with van der Waals surface area (Å²) in [6, 6.07) is 19.9. The zero-order valence-corrected chi connectivity index (χ0v) is 20.1. The minimum Gasteiger partial charge on any atom is -0.494 e. The molecule has 7 heteroatoms. The molecule has 0 N–H and O–H groups in total. The van der Waals surface area contributed by atoms with Gasteiger partial charge < -0.3 is 9.64 Å². The number of rotatable bonds is 3. The van der Waals surface area contributed by atoms with E-state index in [9.17, 15) is 0 Å². The van der Waals surface area contributed by atoms with Gasteiger partial charge in [-0.3, -0.25) is 4.90 Å². The van der Waals surface area contributed by atoms with E-state index in [-0.39, 0.29) is 12.1 Å². The van der Waals surface area contributed by atoms with Crippen LogP contribution >= 0.6 is 34.8 Å². The Kier molecular flexibility index (Phi) is 6.40. The first kappa shape index (κ1) is 22.4. The average molecular weight is 499 g/mol. The van der Waals surface area contributed by atoms with Crippen LogP contribution in [0.25, 0.3) is 4.85 Å². The van der Waals surface area contributed by atoms with Crippen LogP contribution in [-0.2, 0) is 0 Å². The molecule has 0 bridgehead atoms. The maximum absolute atomic E-state index is 7.30. The lowest BCUT2D eigenvalue weighted by Gasteiger charge is -2.47. The van der Waals surface area contributed by atoms with Gasteiger partial charge in [0.05, 0.1) is 29.9 Å². The highest BCUT2D eigenvalue weighted by Crippen LogP contribution is 2.42. The monoisotopic (exact) mass is 497 g/mol. The number of hydrogen-bond donors (Lipinski definition) is 0. The van der Waals surface area contributed by atoms with E-state index in [1.54, 1.807) is 6.07 Å². The van der Waals surface area contributed by atoms with Crippen molar-refractivity contribution in [1.82, 2.24) is 4.90 Å². The highest BCUT2D eigenvalue weighted by atomic mass is 35.5. The van der Waals surface area contributed by atoms with Gasteiger partial charge in [-0.2, -0.15) is 0 Å². The molecule has 0 saturated carbocycles. The number of fused-ring (bicyclic) bond motifs is 1. The Morgan fingerprint density at radius 2 is 1.67 bits per heavy atom. The van der Waals surface area contributed by atoms with Gasteiger partial charge in [0.15, 0.2) is 5.69 Å². The first-order chi connectivity index (χ1) is 16.0. The molecule has 1 unspecified atom stereocenters. The molecule has 3 aromatic carbocycles. The Balaban J connectivity index is 1.49. The summed E-state index contributed by atoms with van der Waals surface area (Å²) < 4.78 is 5.90. The molecule has 33 heavy (non-hydrogen) atoms. The van der Waals surface area contributed by atoms with Gasteiger partial charge in [-0.05, 0) is 42.0 Å². The summed E-state index contributed by atoms with van der Waals surface area (Å²) in [5, 5.41) is 2.00. The fraction of sp³-hybridized carbons (Fsp3) is 0.269. The zero-order valence-electron chi connectivity index (χ0n) is 17.8. The molecular weight excluding hydrogens is 477 g/mol. The van der Waals surface area contributed by atoms with Crippen molar-refractivity contribution in [3.8, 4) is 5.75 Å². The molecule has 0 amide bonds. The third-order valence-electron chi connectivity index (χ3n) is 6.46. The molecule has 3 aromatic rings. The number of ether oxygens (including phenoxy) is 1. The molecule has 168 valence electrons. The predicted molar refractivity (Wildman–Crippen MR) is 135 cm³/mol. The molecule has 0 spiro atoms. The summed E-state index contributed by atoms with van der Waals surface area (Å²) in [6.07, 6.45) is 0.916. The van der Waals surface area contributed by atoms with Crippen LogP contribution in [0.3, 0.4) is 0 Å². The predicted octanol–water partition coefficient (Wildman–Crippen LogP) is 7.58. The molecule has 2 aliphatic heterocycles. The van der Waals surface area contributed by atoms with Crippen molar-refractivity contribution in [2.24, 2.45) is 0 Å². The Morgan fingerprint density at radius 3 is 2.42 bits per heavy atom. The van der Waals surface area contributed by atoms with Crippen LogP contribution < -0.4 is 9.64 Å². The third-order valence-corrected chi connectivity index (χ3v) is 7.25. The Bertz CT molecular complexity index is 1210. The molecule has 1 saturated heterocycles. The van der Waals surface area contributed by atoms with E-state index < -0.39 is 0 Å². The van der Waals surface area contributed by atoms with Crippen LogP contribution in [0.1, 0.15) is 29.6 Å². The fourth-order valence-corrected chi connectivity index (χ4v) is 5.51. The number of nitrogens with zero attached hydrogens (tertiary/aromatic N) is 3. The number of piperazine rings is 1. The first-order valence-electron chi connectivity index (χ1n) is 10.9. The average Bonchev–Trinajstić information content (AvgIpc) is 2.83. The molecule has 0 radical (unpaired) electrons. The third kappa shape index (κ3) is 4.52. The van der Waals surface area contributed by atoms with Crippen molar-refractivity contribution in [3.05, 3.63) is 98.3 Å². The van der Waals surface area contributed by atoms with Crippen molar-refractivity contribution < 1.29 is 4.74 Å². The summed E-state index contributed by atoms with van der Waals surface area (Å²) in [4.78, 5) is 8.44. The molecule has 4 nitrogen and oxygen atoms in total. The van der Waals surface area contributed by atoms with E-state index in [0.717, 1.165) is 48.1 Å². The molecule has 2 heterocycles. The lowest BCUT2D eigenvalue weighted by molar-refractivity contribution is 0.117. The Labute approximate surface area is 209 Å². The van der Waals surface area contributed by atoms with Crippen LogP contribution in [0, 0.1) is 6.57 Å². The van der Waals surface area contributed by atoms with Gasteiger partial charge in [-0.15, -0.1) is 0 Å². The smallest absolute Gasteiger partial charge is 0.190 e. The van der Waals surface area contributed by atoms with E-state index in [4.69, 9.17) is 46.1 Å². The Morgan fingerprint density at radius 1 is 0.879 bits per heavy atom. The van der Waals surface area contributed by atoms with Crippen molar-refractivity contribution in [2.45, 2.75) is 18.5 Å². The van der Waals surface area contributed by atoms with Crippen LogP contribution in [0.5, 0.6) is 5.75 Å². The molecule has 0 aromatic heterocycles. The first-order valence-corrected chi connectivity index (χ1v) is 12.0. The Hall–Kier alpha value is -2.42. The maximum Gasteiger partial charge on any atom is 0.190 e. The van der Waals surface area contributed by atoms with E-state index >= 15 is 0 Å². The molecule has 5 rings (SSSR count). The number of anilines is 1. The highest BCUT2D eigenvalue weighted by Gasteiger charge is 2.35. The fourth-order valence-electron chi connectivity index (χ4n) is 4.87. The van der Waals surface area contributed by atoms with E-state index in [2.05, 4.69) is 26.8 Å². The van der Waals surface area contributed by atoms with Gasteiger partial charge >= 0.3 is 0 Å². The standard InChI is InChI=1S/C26H22Cl3N3O/c1-30-20-7-8-21-23(10-13-33-26(21)15-20)31-11-12-32(24-9-6-19(28)14-22(24)29)25(16-31)17-2-4-18(27)5-3-17/h2-9,14-15,23,25H,10-13,16H2/t23?,25-/m0/s1. The second-order valence-electron chi connectivity index (χ2n) is 8.34. The summed E-state index contributed by atoms with van der Waals surface area (Å²) in [6.45, 7) is 10.5. The van der Waals surface area contributed by atoms with Gasteiger partial charge in [0, 0.05) is 47.7 Å². The molecule has 1 fully saturated rings. The summed E-state index contributed by atoms with van der Waals surface area (Å²) in [7, 11) is 0. The molecule has 2 atom stereocenters. The summed E-state index contributed by atoms with van der Waals surface area (Å²) in [5.74, 6) is 0.825. The molecule has 2 aliphatic rings. The van der Waals surface area contributed by atoms with Crippen LogP contribution in [0.2, 0.25) is 15.1 Å².